The normalized spacial score (nSPS) is 19.2. The standard InChI is InChI=1S/C40H26/c1-3-13-29-25-31(23-21-27(29)11-1)33-15-5-6-16-34(33)40-37-19-9-7-17-35(37)39(36-18-8-10-20-38(36)40)32-24-22-28-12-2-4-14-30(28)26-32/h1-26H/i1D,2D,3D,4D,7D,8D,9D,10D,11D,12D,13D,14D,17D,18D,19D,20D,21D,22D,23D,24D,25D,26D. The fraction of sp³-hybridized carbons (Fsp3) is 0. The fourth-order valence-electron chi connectivity index (χ4n) is 4.89. The third kappa shape index (κ3) is 3.61. The molecule has 8 aromatic carbocycles. The molecule has 0 aliphatic rings. The lowest BCUT2D eigenvalue weighted by Gasteiger charge is -2.20. The summed E-state index contributed by atoms with van der Waals surface area (Å²) in [5.41, 5.74) is -2.07. The zero-order valence-corrected chi connectivity index (χ0v) is 20.3. The SMILES string of the molecule is [2H]c1c([2H])c([2H])c2c([2H])c(-c3ccccc3-c3c4c([2H])c([2H])c([2H])c([2H])c4c(-c4c([2H])c([2H])c5c([2H])c([2H])c([2H])c([2H])c5c4[2H])c4c([2H])c([2H])c([2H])c([2H])c34)c([2H])c([2H])c2c1[2H]. The van der Waals surface area contributed by atoms with E-state index in [-0.39, 0.29) is 22.3 Å². The van der Waals surface area contributed by atoms with Crippen molar-refractivity contribution < 1.29 is 30.2 Å². The van der Waals surface area contributed by atoms with Gasteiger partial charge in [-0.25, -0.2) is 0 Å². The highest BCUT2D eigenvalue weighted by atomic mass is 14.2. The summed E-state index contributed by atoms with van der Waals surface area (Å²) in [6, 6.07) is -11.1. The van der Waals surface area contributed by atoms with Gasteiger partial charge in [-0.15, -0.1) is 0 Å². The van der Waals surface area contributed by atoms with Crippen LogP contribution in [0.1, 0.15) is 30.2 Å². The molecular weight excluding hydrogens is 480 g/mol. The van der Waals surface area contributed by atoms with Crippen molar-refractivity contribution in [3.63, 3.8) is 0 Å². The smallest absolute Gasteiger partial charge is 0.0616 e. The van der Waals surface area contributed by atoms with Crippen molar-refractivity contribution in [3.8, 4) is 33.4 Å². The van der Waals surface area contributed by atoms with Gasteiger partial charge in [0.05, 0.1) is 30.2 Å². The van der Waals surface area contributed by atoms with Crippen molar-refractivity contribution in [2.45, 2.75) is 0 Å². The van der Waals surface area contributed by atoms with Gasteiger partial charge < -0.3 is 0 Å². The van der Waals surface area contributed by atoms with Gasteiger partial charge in [0.25, 0.3) is 0 Å². The average molecular weight is 529 g/mol. The molecular formula is C40H26. The summed E-state index contributed by atoms with van der Waals surface area (Å²) in [7, 11) is 0. The predicted molar refractivity (Wildman–Crippen MR) is 173 cm³/mol. The minimum absolute atomic E-state index is 0.113. The van der Waals surface area contributed by atoms with Gasteiger partial charge in [-0.1, -0.05) is 145 Å². The van der Waals surface area contributed by atoms with E-state index in [1.807, 2.05) is 0 Å². The van der Waals surface area contributed by atoms with E-state index in [0.29, 0.717) is 0 Å². The zero-order valence-electron chi connectivity index (χ0n) is 42.3. The van der Waals surface area contributed by atoms with E-state index in [1.165, 1.54) is 24.3 Å². The Morgan fingerprint density at radius 3 is 1.35 bits per heavy atom. The first-order valence-corrected chi connectivity index (χ1v) is 12.1. The Labute approximate surface area is 264 Å². The summed E-state index contributed by atoms with van der Waals surface area (Å²) < 4.78 is 195. The molecule has 0 N–H and O–H groups in total. The molecule has 0 amide bonds. The Morgan fingerprint density at radius 1 is 0.350 bits per heavy atom. The van der Waals surface area contributed by atoms with Gasteiger partial charge in [0, 0.05) is 0 Å². The predicted octanol–water partition coefficient (Wildman–Crippen LogP) is 11.3. The second-order valence-corrected chi connectivity index (χ2v) is 8.80. The van der Waals surface area contributed by atoms with Crippen molar-refractivity contribution in [2.24, 2.45) is 0 Å². The maximum atomic E-state index is 9.42. The van der Waals surface area contributed by atoms with E-state index >= 15 is 0 Å². The van der Waals surface area contributed by atoms with Crippen LogP contribution in [0.5, 0.6) is 0 Å². The summed E-state index contributed by atoms with van der Waals surface area (Å²) in [5.74, 6) is 0. The summed E-state index contributed by atoms with van der Waals surface area (Å²) in [4.78, 5) is 0. The highest BCUT2D eigenvalue weighted by molar-refractivity contribution is 6.22. The van der Waals surface area contributed by atoms with E-state index in [1.54, 1.807) is 0 Å². The Kier molecular flexibility index (Phi) is 2.25. The topological polar surface area (TPSA) is 0 Å². The molecule has 0 atom stereocenters. The van der Waals surface area contributed by atoms with E-state index in [9.17, 15) is 9.60 Å². The molecule has 0 aliphatic carbocycles. The van der Waals surface area contributed by atoms with Crippen molar-refractivity contribution in [1.29, 1.82) is 0 Å². The van der Waals surface area contributed by atoms with Gasteiger partial charge in [-0.05, 0) is 88.6 Å². The lowest BCUT2D eigenvalue weighted by Crippen LogP contribution is -1.92. The molecule has 8 rings (SSSR count). The Balaban J connectivity index is 1.70. The Bertz CT molecular complexity index is 3350. The van der Waals surface area contributed by atoms with Crippen LogP contribution in [0.2, 0.25) is 0 Å². The second-order valence-electron chi connectivity index (χ2n) is 8.80. The number of rotatable bonds is 3. The molecule has 0 saturated heterocycles. The van der Waals surface area contributed by atoms with Crippen LogP contribution in [-0.4, -0.2) is 0 Å². The number of benzene rings is 8. The molecule has 0 radical (unpaired) electrons. The van der Waals surface area contributed by atoms with Gasteiger partial charge in [0.2, 0.25) is 0 Å². The highest BCUT2D eigenvalue weighted by Crippen LogP contribution is 2.46. The number of hydrogen-bond acceptors (Lipinski definition) is 0. The molecule has 0 heterocycles. The molecule has 0 spiro atoms. The summed E-state index contributed by atoms with van der Waals surface area (Å²) >= 11 is 0. The molecule has 40 heavy (non-hydrogen) atoms. The van der Waals surface area contributed by atoms with Crippen LogP contribution in [0, 0.1) is 0 Å². The van der Waals surface area contributed by atoms with E-state index in [2.05, 4.69) is 0 Å². The van der Waals surface area contributed by atoms with Crippen LogP contribution < -0.4 is 0 Å². The first kappa shape index (κ1) is 9.77. The van der Waals surface area contributed by atoms with Crippen LogP contribution in [-0.2, 0) is 0 Å². The van der Waals surface area contributed by atoms with Crippen LogP contribution in [0.15, 0.2) is 157 Å². The third-order valence-corrected chi connectivity index (χ3v) is 6.59. The lowest BCUT2D eigenvalue weighted by molar-refractivity contribution is 1.62. The van der Waals surface area contributed by atoms with Gasteiger partial charge in [-0.2, -0.15) is 0 Å². The van der Waals surface area contributed by atoms with Crippen molar-refractivity contribution in [1.82, 2.24) is 0 Å². The minimum Gasteiger partial charge on any atom is -0.0616 e. The van der Waals surface area contributed by atoms with E-state index in [0.717, 1.165) is 0 Å². The Morgan fingerprint density at radius 2 is 0.775 bits per heavy atom. The summed E-state index contributed by atoms with van der Waals surface area (Å²) in [6.07, 6.45) is 0. The summed E-state index contributed by atoms with van der Waals surface area (Å²) in [6.45, 7) is 0. The van der Waals surface area contributed by atoms with Crippen molar-refractivity contribution >= 4 is 43.1 Å². The van der Waals surface area contributed by atoms with E-state index in [4.69, 9.17) is 20.6 Å². The molecule has 0 bridgehead atoms. The molecule has 0 aliphatic heterocycles. The maximum Gasteiger partial charge on any atom is 0.0636 e. The van der Waals surface area contributed by atoms with Gasteiger partial charge >= 0.3 is 0 Å². The maximum absolute atomic E-state index is 9.42. The average Bonchev–Trinajstić information content (AvgIpc) is 3.25. The molecule has 0 fully saturated rings. The van der Waals surface area contributed by atoms with Crippen molar-refractivity contribution in [2.75, 3.05) is 0 Å². The molecule has 0 saturated carbocycles. The van der Waals surface area contributed by atoms with Crippen LogP contribution in [0.4, 0.5) is 0 Å². The summed E-state index contributed by atoms with van der Waals surface area (Å²) in [5, 5.41) is -3.73. The van der Waals surface area contributed by atoms with Gasteiger partial charge in [-0.3, -0.25) is 0 Å². The first-order chi connectivity index (χ1) is 29.0. The minimum atomic E-state index is -0.857. The zero-order chi connectivity index (χ0) is 45.6. The van der Waals surface area contributed by atoms with Crippen LogP contribution in [0.3, 0.4) is 0 Å². The monoisotopic (exact) mass is 528 g/mol. The highest BCUT2D eigenvalue weighted by Gasteiger charge is 2.18. The van der Waals surface area contributed by atoms with E-state index < -0.39 is 187 Å². The molecule has 0 aromatic heterocycles. The van der Waals surface area contributed by atoms with Crippen LogP contribution >= 0.6 is 0 Å². The Hall–Kier alpha value is -5.20. The molecule has 186 valence electrons. The molecule has 0 nitrogen and oxygen atoms in total. The molecule has 8 aromatic rings. The van der Waals surface area contributed by atoms with Gasteiger partial charge in [0.1, 0.15) is 0 Å². The number of fused-ring (bicyclic) bond motifs is 4. The quantitative estimate of drug-likeness (QED) is 0.200. The fourth-order valence-corrected chi connectivity index (χ4v) is 4.89. The lowest BCUT2D eigenvalue weighted by atomic mass is 9.83. The second kappa shape index (κ2) is 9.22. The van der Waals surface area contributed by atoms with Crippen LogP contribution in [0.25, 0.3) is 76.5 Å². The van der Waals surface area contributed by atoms with Crippen molar-refractivity contribution in [3.05, 3.63) is 157 Å². The number of hydrogen-bond donors (Lipinski definition) is 0. The largest absolute Gasteiger partial charge is 0.0636 e. The first-order valence-electron chi connectivity index (χ1n) is 23.1. The molecule has 0 unspecified atom stereocenters. The molecule has 0 heteroatoms. The van der Waals surface area contributed by atoms with Gasteiger partial charge in [0.15, 0.2) is 0 Å². The third-order valence-electron chi connectivity index (χ3n) is 6.59.